The third kappa shape index (κ3) is 1.63. The maximum atomic E-state index is 11.7. The number of fused-ring (bicyclic) bond motifs is 1. The maximum absolute atomic E-state index is 11.7. The summed E-state index contributed by atoms with van der Waals surface area (Å²) in [5.41, 5.74) is 1.16. The minimum atomic E-state index is 0.343. The summed E-state index contributed by atoms with van der Waals surface area (Å²) >= 11 is 5.81. The van der Waals surface area contributed by atoms with Crippen molar-refractivity contribution < 1.29 is 4.79 Å². The van der Waals surface area contributed by atoms with Gasteiger partial charge in [-0.05, 0) is 30.0 Å². The highest BCUT2D eigenvalue weighted by Crippen LogP contribution is 2.46. The molecular weight excluding hydrogens is 210 g/mol. The van der Waals surface area contributed by atoms with Crippen LogP contribution >= 0.6 is 11.6 Å². The highest BCUT2D eigenvalue weighted by Gasteiger charge is 2.51. The van der Waals surface area contributed by atoms with Gasteiger partial charge in [-0.25, -0.2) is 0 Å². The molecule has 15 heavy (non-hydrogen) atoms. The first kappa shape index (κ1) is 9.22. The molecule has 78 valence electrons. The number of hydrogen-bond acceptors (Lipinski definition) is 1. The molecule has 2 nitrogen and oxygen atoms in total. The Morgan fingerprint density at radius 2 is 2.07 bits per heavy atom. The zero-order chi connectivity index (χ0) is 10.4. The number of carbonyl (C=O) groups excluding carboxylic acids is 1. The maximum Gasteiger partial charge on any atom is 0.226 e. The molecular formula is C12H12ClNO. The van der Waals surface area contributed by atoms with E-state index in [1.165, 1.54) is 0 Å². The van der Waals surface area contributed by atoms with Crippen LogP contribution in [0.4, 0.5) is 0 Å². The van der Waals surface area contributed by atoms with Crippen molar-refractivity contribution in [3.05, 3.63) is 34.9 Å². The zero-order valence-electron chi connectivity index (χ0n) is 8.32. The lowest BCUT2D eigenvalue weighted by atomic mass is 10.2. The molecule has 1 saturated heterocycles. The number of amides is 1. The highest BCUT2D eigenvalue weighted by molar-refractivity contribution is 6.30. The lowest BCUT2D eigenvalue weighted by molar-refractivity contribution is -0.130. The molecule has 0 radical (unpaired) electrons. The van der Waals surface area contributed by atoms with Crippen LogP contribution in [0.15, 0.2) is 24.3 Å². The molecule has 1 heterocycles. The van der Waals surface area contributed by atoms with Crippen molar-refractivity contribution in [1.29, 1.82) is 0 Å². The first-order valence-corrected chi connectivity index (χ1v) is 5.65. The van der Waals surface area contributed by atoms with Crippen LogP contribution in [0.25, 0.3) is 0 Å². The van der Waals surface area contributed by atoms with Gasteiger partial charge in [0.1, 0.15) is 0 Å². The van der Waals surface area contributed by atoms with Gasteiger partial charge in [0, 0.05) is 24.0 Å². The van der Waals surface area contributed by atoms with Gasteiger partial charge < -0.3 is 4.90 Å². The Hall–Kier alpha value is -1.02. The quantitative estimate of drug-likeness (QED) is 0.751. The summed E-state index contributed by atoms with van der Waals surface area (Å²) < 4.78 is 0. The number of halogens is 1. The Balaban J connectivity index is 1.70. The van der Waals surface area contributed by atoms with Gasteiger partial charge in [0.2, 0.25) is 5.91 Å². The molecule has 0 spiro atoms. The molecule has 1 aliphatic carbocycles. The summed E-state index contributed by atoms with van der Waals surface area (Å²) in [6.45, 7) is 1.69. The van der Waals surface area contributed by atoms with E-state index in [2.05, 4.69) is 0 Å². The van der Waals surface area contributed by atoms with E-state index in [9.17, 15) is 4.79 Å². The number of rotatable bonds is 2. The van der Waals surface area contributed by atoms with E-state index in [0.29, 0.717) is 17.7 Å². The topological polar surface area (TPSA) is 20.3 Å². The molecule has 0 aromatic heterocycles. The summed E-state index contributed by atoms with van der Waals surface area (Å²) in [6.07, 6.45) is 1.12. The lowest BCUT2D eigenvalue weighted by Crippen LogP contribution is -2.27. The van der Waals surface area contributed by atoms with Gasteiger partial charge in [0.15, 0.2) is 0 Å². The number of benzene rings is 1. The second-order valence-corrected chi connectivity index (χ2v) is 4.88. The molecule has 1 saturated carbocycles. The second-order valence-electron chi connectivity index (χ2n) is 4.45. The average Bonchev–Trinajstić information content (AvgIpc) is 2.93. The van der Waals surface area contributed by atoms with Crippen LogP contribution in [0, 0.1) is 11.8 Å². The summed E-state index contributed by atoms with van der Waals surface area (Å²) in [5, 5.41) is 0.745. The Bertz CT molecular complexity index is 401. The van der Waals surface area contributed by atoms with E-state index >= 15 is 0 Å². The van der Waals surface area contributed by atoms with Crippen LogP contribution in [0.1, 0.15) is 12.0 Å². The van der Waals surface area contributed by atoms with E-state index in [1.807, 2.05) is 29.2 Å². The van der Waals surface area contributed by atoms with Crippen LogP contribution in [-0.2, 0) is 11.3 Å². The SMILES string of the molecule is O=C1C2CC2CN1Cc1ccc(Cl)cc1. The molecule has 2 fully saturated rings. The van der Waals surface area contributed by atoms with Gasteiger partial charge in [0.05, 0.1) is 0 Å². The predicted octanol–water partition coefficient (Wildman–Crippen LogP) is 2.32. The summed E-state index contributed by atoms with van der Waals surface area (Å²) in [6, 6.07) is 7.72. The largest absolute Gasteiger partial charge is 0.338 e. The van der Waals surface area contributed by atoms with Crippen molar-refractivity contribution >= 4 is 17.5 Å². The Labute approximate surface area is 93.8 Å². The normalized spacial score (nSPS) is 28.1. The van der Waals surface area contributed by atoms with Gasteiger partial charge in [-0.2, -0.15) is 0 Å². The third-order valence-corrected chi connectivity index (χ3v) is 3.55. The van der Waals surface area contributed by atoms with Crippen LogP contribution in [0.5, 0.6) is 0 Å². The molecule has 2 atom stereocenters. The van der Waals surface area contributed by atoms with Crippen LogP contribution in [0.2, 0.25) is 5.02 Å². The van der Waals surface area contributed by atoms with E-state index in [4.69, 9.17) is 11.6 Å². The Morgan fingerprint density at radius 3 is 2.67 bits per heavy atom. The first-order valence-electron chi connectivity index (χ1n) is 5.27. The molecule has 0 N–H and O–H groups in total. The van der Waals surface area contributed by atoms with Gasteiger partial charge in [0.25, 0.3) is 0 Å². The van der Waals surface area contributed by atoms with E-state index in [1.54, 1.807) is 0 Å². The zero-order valence-corrected chi connectivity index (χ0v) is 9.07. The minimum absolute atomic E-state index is 0.343. The minimum Gasteiger partial charge on any atom is -0.338 e. The summed E-state index contributed by atoms with van der Waals surface area (Å²) in [5.74, 6) is 1.36. The fourth-order valence-electron chi connectivity index (χ4n) is 2.31. The van der Waals surface area contributed by atoms with Crippen molar-refractivity contribution in [2.24, 2.45) is 11.8 Å². The fraction of sp³-hybridized carbons (Fsp3) is 0.417. The van der Waals surface area contributed by atoms with Gasteiger partial charge >= 0.3 is 0 Å². The standard InChI is InChI=1S/C12H12ClNO/c13-10-3-1-8(2-4-10)6-14-7-9-5-11(9)12(14)15/h1-4,9,11H,5-7H2. The van der Waals surface area contributed by atoms with Gasteiger partial charge in [-0.1, -0.05) is 23.7 Å². The molecule has 1 aromatic carbocycles. The molecule has 1 amide bonds. The van der Waals surface area contributed by atoms with E-state index < -0.39 is 0 Å². The van der Waals surface area contributed by atoms with Crippen LogP contribution in [0.3, 0.4) is 0 Å². The highest BCUT2D eigenvalue weighted by atomic mass is 35.5. The molecule has 2 unspecified atom stereocenters. The fourth-order valence-corrected chi connectivity index (χ4v) is 2.44. The number of likely N-dealkylation sites (tertiary alicyclic amines) is 1. The summed E-state index contributed by atoms with van der Waals surface area (Å²) in [7, 11) is 0. The van der Waals surface area contributed by atoms with Gasteiger partial charge in [-0.3, -0.25) is 4.79 Å². The molecule has 3 heteroatoms. The molecule has 3 rings (SSSR count). The monoisotopic (exact) mass is 221 g/mol. The van der Waals surface area contributed by atoms with Gasteiger partial charge in [-0.15, -0.1) is 0 Å². The number of piperidine rings is 1. The second kappa shape index (κ2) is 3.24. The van der Waals surface area contributed by atoms with Crippen molar-refractivity contribution in [2.45, 2.75) is 13.0 Å². The number of hydrogen-bond donors (Lipinski definition) is 0. The smallest absolute Gasteiger partial charge is 0.226 e. The van der Waals surface area contributed by atoms with Crippen LogP contribution < -0.4 is 0 Å². The predicted molar refractivity (Wildman–Crippen MR) is 58.5 cm³/mol. The number of carbonyl (C=O) groups is 1. The molecule has 0 bridgehead atoms. The Morgan fingerprint density at radius 1 is 1.33 bits per heavy atom. The lowest BCUT2D eigenvalue weighted by Gasteiger charge is -2.18. The first-order chi connectivity index (χ1) is 7.24. The summed E-state index contributed by atoms with van der Waals surface area (Å²) in [4.78, 5) is 13.7. The molecule has 2 aliphatic rings. The molecule has 1 aliphatic heterocycles. The van der Waals surface area contributed by atoms with Crippen molar-refractivity contribution in [3.63, 3.8) is 0 Å². The van der Waals surface area contributed by atoms with E-state index in [0.717, 1.165) is 30.1 Å². The van der Waals surface area contributed by atoms with Crippen molar-refractivity contribution in [2.75, 3.05) is 6.54 Å². The van der Waals surface area contributed by atoms with Crippen molar-refractivity contribution in [3.8, 4) is 0 Å². The van der Waals surface area contributed by atoms with Crippen molar-refractivity contribution in [1.82, 2.24) is 4.90 Å². The molecule has 1 aromatic rings. The average molecular weight is 222 g/mol. The van der Waals surface area contributed by atoms with E-state index in [-0.39, 0.29) is 0 Å². The third-order valence-electron chi connectivity index (χ3n) is 3.29. The van der Waals surface area contributed by atoms with Crippen LogP contribution in [-0.4, -0.2) is 17.4 Å². The Kier molecular flexibility index (Phi) is 1.99. The number of nitrogens with zero attached hydrogens (tertiary/aromatic N) is 1.